The van der Waals surface area contributed by atoms with E-state index in [4.69, 9.17) is 21.8 Å². The van der Waals surface area contributed by atoms with E-state index in [2.05, 4.69) is 5.32 Å². The van der Waals surface area contributed by atoms with Gasteiger partial charge in [-0.2, -0.15) is 0 Å². The number of hydrogen-bond donors (Lipinski definition) is 3. The van der Waals surface area contributed by atoms with Crippen LogP contribution >= 0.6 is 11.6 Å². The molecule has 0 unspecified atom stereocenters. The van der Waals surface area contributed by atoms with Crippen molar-refractivity contribution in [2.75, 3.05) is 18.5 Å². The lowest BCUT2D eigenvalue weighted by atomic mass is 10.2. The molecule has 17 heavy (non-hydrogen) atoms. The summed E-state index contributed by atoms with van der Waals surface area (Å²) in [7, 11) is 0. The van der Waals surface area contributed by atoms with E-state index in [1.807, 2.05) is 0 Å². The second-order valence-electron chi connectivity index (χ2n) is 3.25. The highest BCUT2D eigenvalue weighted by Gasteiger charge is 2.19. The van der Waals surface area contributed by atoms with E-state index in [1.165, 1.54) is 0 Å². The Kier molecular flexibility index (Phi) is 4.62. The molecule has 0 radical (unpaired) electrons. The third-order valence-corrected chi connectivity index (χ3v) is 2.33. The maximum atomic E-state index is 13.2. The van der Waals surface area contributed by atoms with Crippen LogP contribution in [0.3, 0.4) is 0 Å². The summed E-state index contributed by atoms with van der Waals surface area (Å²) in [4.78, 5) is 9.97. The van der Waals surface area contributed by atoms with Gasteiger partial charge in [0.05, 0.1) is 29.2 Å². The van der Waals surface area contributed by atoms with Gasteiger partial charge in [0.1, 0.15) is 11.5 Å². The minimum absolute atomic E-state index is 0.148. The Bertz CT molecular complexity index is 426. The predicted octanol–water partition coefficient (Wildman–Crippen LogP) is 1.15. The van der Waals surface area contributed by atoms with Crippen molar-refractivity contribution in [1.82, 2.24) is 0 Å². The zero-order chi connectivity index (χ0) is 13.0. The molecule has 0 aliphatic heterocycles. The molecule has 0 aromatic heterocycles. The van der Waals surface area contributed by atoms with E-state index in [0.717, 1.165) is 12.1 Å². The molecule has 94 valence electrons. The molecule has 3 N–H and O–H groups in total. The fourth-order valence-corrected chi connectivity index (χ4v) is 1.33. The highest BCUT2D eigenvalue weighted by molar-refractivity contribution is 6.31. The summed E-state index contributed by atoms with van der Waals surface area (Å²) in [6, 6.07) is 0.901. The molecule has 0 heterocycles. The fraction of sp³-hybridized carbons (Fsp3) is 0.333. The first-order chi connectivity index (χ1) is 7.99. The lowest BCUT2D eigenvalue weighted by Crippen LogP contribution is -2.28. The molecular formula is C9H10ClFN2O4. The minimum atomic E-state index is -0.825. The van der Waals surface area contributed by atoms with Gasteiger partial charge in [-0.25, -0.2) is 4.39 Å². The van der Waals surface area contributed by atoms with E-state index < -0.39 is 35.7 Å². The Morgan fingerprint density at radius 1 is 1.47 bits per heavy atom. The number of anilines is 1. The molecule has 0 aliphatic carbocycles. The number of nitro benzene ring substituents is 1. The Morgan fingerprint density at radius 3 is 2.53 bits per heavy atom. The van der Waals surface area contributed by atoms with E-state index in [0.29, 0.717) is 0 Å². The van der Waals surface area contributed by atoms with Crippen molar-refractivity contribution in [3.8, 4) is 0 Å². The number of nitro groups is 1. The molecule has 1 aromatic rings. The van der Waals surface area contributed by atoms with E-state index in [1.54, 1.807) is 0 Å². The number of rotatable bonds is 5. The molecule has 0 saturated carbocycles. The quantitative estimate of drug-likeness (QED) is 0.548. The number of halogens is 2. The van der Waals surface area contributed by atoms with Gasteiger partial charge in [0.15, 0.2) is 0 Å². The van der Waals surface area contributed by atoms with E-state index >= 15 is 0 Å². The standard InChI is InChI=1S/C9H10ClFN2O4/c10-6-1-9(13(16)17)8(2-7(6)11)12-5(3-14)4-15/h1-2,5,12,14-15H,3-4H2. The van der Waals surface area contributed by atoms with Crippen molar-refractivity contribution in [2.24, 2.45) is 0 Å². The van der Waals surface area contributed by atoms with Crippen LogP contribution in [0.15, 0.2) is 12.1 Å². The van der Waals surface area contributed by atoms with Gasteiger partial charge in [-0.05, 0) is 0 Å². The summed E-state index contributed by atoms with van der Waals surface area (Å²) in [6.07, 6.45) is 0. The smallest absolute Gasteiger partial charge is 0.294 e. The molecule has 0 bridgehead atoms. The molecular weight excluding hydrogens is 255 g/mol. The summed E-state index contributed by atoms with van der Waals surface area (Å²) in [5, 5.41) is 30.4. The Hall–Kier alpha value is -1.44. The number of nitrogens with one attached hydrogen (secondary N) is 1. The summed E-state index contributed by atoms with van der Waals surface area (Å²) >= 11 is 5.43. The van der Waals surface area contributed by atoms with Gasteiger partial charge in [0.25, 0.3) is 5.69 Å². The fourth-order valence-electron chi connectivity index (χ4n) is 1.17. The third-order valence-electron chi connectivity index (χ3n) is 2.04. The molecule has 0 amide bonds. The largest absolute Gasteiger partial charge is 0.394 e. The topological polar surface area (TPSA) is 95.6 Å². The van der Waals surface area contributed by atoms with Crippen LogP contribution in [0.2, 0.25) is 5.02 Å². The molecule has 1 rings (SSSR count). The van der Waals surface area contributed by atoms with Crippen LogP contribution in [0.25, 0.3) is 0 Å². The van der Waals surface area contributed by atoms with Crippen LogP contribution in [0.5, 0.6) is 0 Å². The summed E-state index contributed by atoms with van der Waals surface area (Å²) in [5.74, 6) is -0.825. The van der Waals surface area contributed by atoms with Crippen LogP contribution in [0.4, 0.5) is 15.8 Å². The molecule has 0 fully saturated rings. The molecule has 0 spiro atoms. The third kappa shape index (κ3) is 3.26. The second-order valence-corrected chi connectivity index (χ2v) is 3.65. The summed E-state index contributed by atoms with van der Waals surface area (Å²) in [6.45, 7) is -0.893. The monoisotopic (exact) mass is 264 g/mol. The van der Waals surface area contributed by atoms with Crippen molar-refractivity contribution in [2.45, 2.75) is 6.04 Å². The minimum Gasteiger partial charge on any atom is -0.394 e. The number of aliphatic hydroxyl groups excluding tert-OH is 2. The van der Waals surface area contributed by atoms with Gasteiger partial charge in [0.2, 0.25) is 0 Å². The zero-order valence-corrected chi connectivity index (χ0v) is 9.32. The van der Waals surface area contributed by atoms with Crippen molar-refractivity contribution < 1.29 is 19.5 Å². The van der Waals surface area contributed by atoms with Gasteiger partial charge >= 0.3 is 0 Å². The predicted molar refractivity (Wildman–Crippen MR) is 59.6 cm³/mol. The van der Waals surface area contributed by atoms with Gasteiger partial charge in [-0.15, -0.1) is 0 Å². The lowest BCUT2D eigenvalue weighted by Gasteiger charge is -2.15. The van der Waals surface area contributed by atoms with E-state index in [9.17, 15) is 14.5 Å². The van der Waals surface area contributed by atoms with Gasteiger partial charge < -0.3 is 15.5 Å². The van der Waals surface area contributed by atoms with Crippen LogP contribution in [0, 0.1) is 15.9 Å². The average Bonchev–Trinajstić information content (AvgIpc) is 2.29. The van der Waals surface area contributed by atoms with Crippen molar-refractivity contribution in [3.63, 3.8) is 0 Å². The number of aliphatic hydroxyl groups is 2. The molecule has 6 nitrogen and oxygen atoms in total. The van der Waals surface area contributed by atoms with Crippen molar-refractivity contribution in [3.05, 3.63) is 33.1 Å². The lowest BCUT2D eigenvalue weighted by molar-refractivity contribution is -0.384. The Labute approximate surface area is 101 Å². The van der Waals surface area contributed by atoms with Crippen LogP contribution in [-0.4, -0.2) is 34.4 Å². The molecule has 0 aliphatic rings. The van der Waals surface area contributed by atoms with Crippen LogP contribution < -0.4 is 5.32 Å². The first-order valence-corrected chi connectivity index (χ1v) is 4.99. The molecule has 8 heteroatoms. The highest BCUT2D eigenvalue weighted by atomic mass is 35.5. The van der Waals surface area contributed by atoms with Gasteiger partial charge in [-0.3, -0.25) is 10.1 Å². The maximum absolute atomic E-state index is 13.2. The maximum Gasteiger partial charge on any atom is 0.294 e. The van der Waals surface area contributed by atoms with Crippen molar-refractivity contribution >= 4 is 23.0 Å². The highest BCUT2D eigenvalue weighted by Crippen LogP contribution is 2.30. The molecule has 1 aromatic carbocycles. The average molecular weight is 265 g/mol. The zero-order valence-electron chi connectivity index (χ0n) is 8.56. The van der Waals surface area contributed by atoms with E-state index in [-0.39, 0.29) is 10.7 Å². The Morgan fingerprint density at radius 2 is 2.06 bits per heavy atom. The normalized spacial score (nSPS) is 10.6. The SMILES string of the molecule is O=[N+]([O-])c1cc(Cl)c(F)cc1NC(CO)CO. The molecule has 0 atom stereocenters. The number of hydrogen-bond acceptors (Lipinski definition) is 5. The van der Waals surface area contributed by atoms with Crippen molar-refractivity contribution in [1.29, 1.82) is 0 Å². The first-order valence-electron chi connectivity index (χ1n) is 4.61. The Balaban J connectivity index is 3.12. The molecule has 0 saturated heterocycles. The summed E-state index contributed by atoms with van der Waals surface area (Å²) in [5.41, 5.74) is -0.576. The van der Waals surface area contributed by atoms with Gasteiger partial charge in [0, 0.05) is 12.1 Å². The van der Waals surface area contributed by atoms with Gasteiger partial charge in [-0.1, -0.05) is 11.6 Å². The first kappa shape index (κ1) is 13.6. The van der Waals surface area contributed by atoms with Crippen LogP contribution in [-0.2, 0) is 0 Å². The number of nitrogens with zero attached hydrogens (tertiary/aromatic N) is 1. The number of benzene rings is 1. The van der Waals surface area contributed by atoms with Crippen LogP contribution in [0.1, 0.15) is 0 Å². The second kappa shape index (κ2) is 5.76. The summed E-state index contributed by atoms with van der Waals surface area (Å²) < 4.78 is 13.2.